The van der Waals surface area contributed by atoms with Crippen molar-refractivity contribution < 1.29 is 4.74 Å². The summed E-state index contributed by atoms with van der Waals surface area (Å²) in [5.74, 6) is 3.13. The van der Waals surface area contributed by atoms with Gasteiger partial charge in [0.25, 0.3) is 0 Å². The van der Waals surface area contributed by atoms with Gasteiger partial charge < -0.3 is 4.74 Å². The molecule has 0 amide bonds. The number of ether oxygens (including phenoxy) is 1. The minimum absolute atomic E-state index is 0.216. The SMILES string of the molecule is CCc1nnc(C2CCC(Oc3ccccn3)CC2)n1-c1ccc(Cl)cc1. The summed E-state index contributed by atoms with van der Waals surface area (Å²) in [6.45, 7) is 2.11. The number of hydrogen-bond acceptors (Lipinski definition) is 4. The van der Waals surface area contributed by atoms with Crippen LogP contribution in [0.4, 0.5) is 0 Å². The Hall–Kier alpha value is -2.40. The van der Waals surface area contributed by atoms with Gasteiger partial charge in [0.1, 0.15) is 17.8 Å². The summed E-state index contributed by atoms with van der Waals surface area (Å²) >= 11 is 6.06. The van der Waals surface area contributed by atoms with Crippen LogP contribution >= 0.6 is 11.6 Å². The van der Waals surface area contributed by atoms with E-state index >= 15 is 0 Å². The lowest BCUT2D eigenvalue weighted by Gasteiger charge is -2.28. The molecule has 6 heteroatoms. The summed E-state index contributed by atoms with van der Waals surface area (Å²) < 4.78 is 8.22. The molecule has 1 aliphatic carbocycles. The van der Waals surface area contributed by atoms with Crippen molar-refractivity contribution in [3.05, 3.63) is 65.3 Å². The van der Waals surface area contributed by atoms with E-state index in [1.807, 2.05) is 42.5 Å². The molecule has 0 saturated heterocycles. The van der Waals surface area contributed by atoms with E-state index in [2.05, 4.69) is 26.7 Å². The first-order chi connectivity index (χ1) is 13.2. The Kier molecular flexibility index (Phi) is 5.39. The van der Waals surface area contributed by atoms with Gasteiger partial charge >= 0.3 is 0 Å². The molecule has 0 bridgehead atoms. The van der Waals surface area contributed by atoms with Gasteiger partial charge in [0, 0.05) is 35.3 Å². The van der Waals surface area contributed by atoms with Crippen LogP contribution in [0.2, 0.25) is 5.02 Å². The molecular formula is C21H23ClN4O. The van der Waals surface area contributed by atoms with Crippen LogP contribution < -0.4 is 4.74 Å². The summed E-state index contributed by atoms with van der Waals surface area (Å²) in [7, 11) is 0. The van der Waals surface area contributed by atoms with Crippen LogP contribution in [0.1, 0.15) is 50.2 Å². The first-order valence-corrected chi connectivity index (χ1v) is 9.90. The Bertz CT molecular complexity index is 871. The molecule has 1 fully saturated rings. The van der Waals surface area contributed by atoms with E-state index < -0.39 is 0 Å². The van der Waals surface area contributed by atoms with Gasteiger partial charge in [-0.15, -0.1) is 10.2 Å². The first-order valence-electron chi connectivity index (χ1n) is 9.52. The Morgan fingerprint density at radius 2 is 1.81 bits per heavy atom. The number of rotatable bonds is 5. The molecule has 1 aromatic carbocycles. The Morgan fingerprint density at radius 1 is 1.04 bits per heavy atom. The molecule has 27 heavy (non-hydrogen) atoms. The number of aromatic nitrogens is 4. The molecule has 0 N–H and O–H groups in total. The van der Waals surface area contributed by atoms with Gasteiger partial charge in [0.2, 0.25) is 5.88 Å². The molecule has 1 saturated carbocycles. The summed E-state index contributed by atoms with van der Waals surface area (Å²) in [6.07, 6.45) is 6.88. The Morgan fingerprint density at radius 3 is 2.48 bits per heavy atom. The maximum Gasteiger partial charge on any atom is 0.213 e. The number of pyridine rings is 1. The number of halogens is 1. The monoisotopic (exact) mass is 382 g/mol. The van der Waals surface area contributed by atoms with Crippen molar-refractivity contribution in [2.75, 3.05) is 0 Å². The van der Waals surface area contributed by atoms with Crippen molar-refractivity contribution in [1.29, 1.82) is 0 Å². The van der Waals surface area contributed by atoms with E-state index in [0.717, 1.165) is 54.5 Å². The van der Waals surface area contributed by atoms with Crippen LogP contribution in [-0.4, -0.2) is 25.9 Å². The fourth-order valence-corrected chi connectivity index (χ4v) is 3.85. The van der Waals surface area contributed by atoms with Crippen molar-refractivity contribution in [3.63, 3.8) is 0 Å². The van der Waals surface area contributed by atoms with Crippen molar-refractivity contribution in [2.24, 2.45) is 0 Å². The second kappa shape index (κ2) is 8.09. The summed E-state index contributed by atoms with van der Waals surface area (Å²) in [6, 6.07) is 13.7. The Labute approximate surface area is 164 Å². The van der Waals surface area contributed by atoms with Gasteiger partial charge in [-0.25, -0.2) is 4.98 Å². The molecule has 5 nitrogen and oxygen atoms in total. The minimum Gasteiger partial charge on any atom is -0.474 e. The highest BCUT2D eigenvalue weighted by molar-refractivity contribution is 6.30. The third kappa shape index (κ3) is 3.98. The van der Waals surface area contributed by atoms with E-state index in [4.69, 9.17) is 16.3 Å². The third-order valence-electron chi connectivity index (χ3n) is 5.12. The van der Waals surface area contributed by atoms with E-state index in [-0.39, 0.29) is 6.10 Å². The van der Waals surface area contributed by atoms with Crippen LogP contribution in [-0.2, 0) is 6.42 Å². The van der Waals surface area contributed by atoms with Crippen LogP contribution in [0, 0.1) is 0 Å². The lowest BCUT2D eigenvalue weighted by Crippen LogP contribution is -2.25. The second-order valence-corrected chi connectivity index (χ2v) is 7.34. The number of aryl methyl sites for hydroxylation is 1. The predicted octanol–water partition coefficient (Wildman–Crippen LogP) is 4.98. The van der Waals surface area contributed by atoms with E-state index in [1.54, 1.807) is 6.20 Å². The molecule has 140 valence electrons. The lowest BCUT2D eigenvalue weighted by atomic mass is 9.86. The molecule has 0 radical (unpaired) electrons. The van der Waals surface area contributed by atoms with E-state index in [9.17, 15) is 0 Å². The molecule has 0 spiro atoms. The highest BCUT2D eigenvalue weighted by atomic mass is 35.5. The van der Waals surface area contributed by atoms with Gasteiger partial charge in [-0.1, -0.05) is 24.6 Å². The average molecular weight is 383 g/mol. The molecule has 0 unspecified atom stereocenters. The Balaban J connectivity index is 1.50. The number of nitrogens with zero attached hydrogens (tertiary/aromatic N) is 4. The standard InChI is InChI=1S/C21H23ClN4O/c1-2-19-24-25-21(26(19)17-10-8-16(22)9-11-17)15-6-12-18(13-7-15)27-20-5-3-4-14-23-20/h3-5,8-11,14-15,18H,2,6-7,12-13H2,1H3. The van der Waals surface area contributed by atoms with Gasteiger partial charge in [-0.3, -0.25) is 4.57 Å². The first kappa shape index (κ1) is 18.0. The van der Waals surface area contributed by atoms with Crippen molar-refractivity contribution in [3.8, 4) is 11.6 Å². The number of hydrogen-bond donors (Lipinski definition) is 0. The molecule has 4 rings (SSSR count). The highest BCUT2D eigenvalue weighted by Crippen LogP contribution is 2.35. The molecule has 2 heterocycles. The zero-order valence-electron chi connectivity index (χ0n) is 15.4. The van der Waals surface area contributed by atoms with Crippen LogP contribution in [0.5, 0.6) is 5.88 Å². The summed E-state index contributed by atoms with van der Waals surface area (Å²) in [5.41, 5.74) is 1.07. The maximum atomic E-state index is 6.06. The topological polar surface area (TPSA) is 52.8 Å². The lowest BCUT2D eigenvalue weighted by molar-refractivity contribution is 0.139. The van der Waals surface area contributed by atoms with Crippen LogP contribution in [0.25, 0.3) is 5.69 Å². The van der Waals surface area contributed by atoms with Crippen molar-refractivity contribution in [1.82, 2.24) is 19.7 Å². The van der Waals surface area contributed by atoms with Gasteiger partial charge in [-0.2, -0.15) is 0 Å². The van der Waals surface area contributed by atoms with Crippen molar-refractivity contribution >= 4 is 11.6 Å². The summed E-state index contributed by atoms with van der Waals surface area (Å²) in [4.78, 5) is 4.27. The van der Waals surface area contributed by atoms with E-state index in [0.29, 0.717) is 11.8 Å². The normalized spacial score (nSPS) is 19.8. The summed E-state index contributed by atoms with van der Waals surface area (Å²) in [5, 5.41) is 9.71. The third-order valence-corrected chi connectivity index (χ3v) is 5.37. The molecule has 3 aromatic rings. The largest absolute Gasteiger partial charge is 0.474 e. The number of benzene rings is 1. The van der Waals surface area contributed by atoms with Gasteiger partial charge in [-0.05, 0) is 56.0 Å². The van der Waals surface area contributed by atoms with Crippen LogP contribution in [0.3, 0.4) is 0 Å². The molecular weight excluding hydrogens is 360 g/mol. The maximum absolute atomic E-state index is 6.06. The zero-order chi connectivity index (χ0) is 18.6. The fraction of sp³-hybridized carbons (Fsp3) is 0.381. The average Bonchev–Trinajstić information content (AvgIpc) is 3.14. The molecule has 0 aliphatic heterocycles. The fourth-order valence-electron chi connectivity index (χ4n) is 3.72. The molecule has 0 atom stereocenters. The van der Waals surface area contributed by atoms with Gasteiger partial charge in [0.15, 0.2) is 0 Å². The quantitative estimate of drug-likeness (QED) is 0.624. The minimum atomic E-state index is 0.216. The van der Waals surface area contributed by atoms with Crippen LogP contribution in [0.15, 0.2) is 48.7 Å². The van der Waals surface area contributed by atoms with Gasteiger partial charge in [0.05, 0.1) is 0 Å². The van der Waals surface area contributed by atoms with Crippen molar-refractivity contribution in [2.45, 2.75) is 51.0 Å². The molecule has 1 aliphatic rings. The second-order valence-electron chi connectivity index (χ2n) is 6.90. The molecule has 2 aromatic heterocycles. The predicted molar refractivity (Wildman–Crippen MR) is 106 cm³/mol. The smallest absolute Gasteiger partial charge is 0.213 e. The highest BCUT2D eigenvalue weighted by Gasteiger charge is 2.28. The van der Waals surface area contributed by atoms with E-state index in [1.165, 1.54) is 0 Å². The zero-order valence-corrected chi connectivity index (χ0v) is 16.1.